The van der Waals surface area contributed by atoms with Gasteiger partial charge in [-0.15, -0.1) is 0 Å². The van der Waals surface area contributed by atoms with Crippen molar-refractivity contribution in [2.24, 2.45) is 0 Å². The van der Waals surface area contributed by atoms with Crippen LogP contribution in [0.1, 0.15) is 17.3 Å². The van der Waals surface area contributed by atoms with E-state index in [9.17, 15) is 24.5 Å². The van der Waals surface area contributed by atoms with Crippen molar-refractivity contribution in [1.29, 1.82) is 0 Å². The quantitative estimate of drug-likeness (QED) is 0.339. The second kappa shape index (κ2) is 8.38. The largest absolute Gasteiger partial charge is 0.462 e. The van der Waals surface area contributed by atoms with E-state index in [-0.39, 0.29) is 31.1 Å². The first kappa shape index (κ1) is 19.8. The molecule has 1 amide bonds. The third-order valence-corrected chi connectivity index (χ3v) is 4.05. The maximum Gasteiger partial charge on any atom is 0.338 e. The highest BCUT2D eigenvalue weighted by Gasteiger charge is 2.27. The lowest BCUT2D eigenvalue weighted by Gasteiger charge is -2.28. The number of hydrogen-bond donors (Lipinski definition) is 1. The number of carbonyl (C=O) groups is 3. The van der Waals surface area contributed by atoms with Gasteiger partial charge in [-0.3, -0.25) is 14.9 Å². The Morgan fingerprint density at radius 3 is 2.62 bits per heavy atom. The Labute approximate surface area is 165 Å². The minimum absolute atomic E-state index is 0.0297. The molecule has 2 aromatic rings. The van der Waals surface area contributed by atoms with Gasteiger partial charge in [0.1, 0.15) is 6.54 Å². The molecule has 1 aliphatic heterocycles. The smallest absolute Gasteiger partial charge is 0.338 e. The number of carbonyl (C=O) groups excluding carboxylic acids is 3. The van der Waals surface area contributed by atoms with Crippen LogP contribution >= 0.6 is 0 Å². The second-order valence-electron chi connectivity index (χ2n) is 6.09. The van der Waals surface area contributed by atoms with Crippen LogP contribution < -0.4 is 15.0 Å². The van der Waals surface area contributed by atoms with E-state index in [4.69, 9.17) is 9.47 Å². The number of nitrogens with one attached hydrogen (secondary N) is 1. The third-order valence-electron chi connectivity index (χ3n) is 4.05. The Kier molecular flexibility index (Phi) is 5.72. The van der Waals surface area contributed by atoms with Gasteiger partial charge in [-0.1, -0.05) is 0 Å². The molecule has 0 fully saturated rings. The van der Waals surface area contributed by atoms with Crippen LogP contribution in [-0.2, 0) is 14.3 Å². The van der Waals surface area contributed by atoms with E-state index in [1.165, 1.54) is 29.2 Å². The van der Waals surface area contributed by atoms with Crippen molar-refractivity contribution in [3.05, 3.63) is 58.1 Å². The van der Waals surface area contributed by atoms with Gasteiger partial charge >= 0.3 is 11.9 Å². The van der Waals surface area contributed by atoms with E-state index in [1.807, 2.05) is 0 Å². The number of nitro groups is 1. The first-order chi connectivity index (χ1) is 13.9. The topological polar surface area (TPSA) is 128 Å². The number of hydrogen-bond acceptors (Lipinski definition) is 8. The molecule has 150 valence electrons. The van der Waals surface area contributed by atoms with Crippen molar-refractivity contribution in [1.82, 2.24) is 0 Å². The molecule has 0 aromatic heterocycles. The summed E-state index contributed by atoms with van der Waals surface area (Å²) in [6, 6.07) is 10.0. The Balaban J connectivity index is 1.69. The van der Waals surface area contributed by atoms with Crippen LogP contribution in [0.5, 0.6) is 5.75 Å². The van der Waals surface area contributed by atoms with Crippen molar-refractivity contribution in [2.75, 3.05) is 29.9 Å². The fraction of sp³-hybridized carbons (Fsp3) is 0.211. The van der Waals surface area contributed by atoms with Gasteiger partial charge in [-0.2, -0.15) is 0 Å². The summed E-state index contributed by atoms with van der Waals surface area (Å²) < 4.78 is 9.94. The molecule has 0 saturated heterocycles. The van der Waals surface area contributed by atoms with Crippen LogP contribution in [0.3, 0.4) is 0 Å². The fourth-order valence-corrected chi connectivity index (χ4v) is 2.77. The fourth-order valence-electron chi connectivity index (χ4n) is 2.77. The summed E-state index contributed by atoms with van der Waals surface area (Å²) in [4.78, 5) is 47.6. The molecular weight excluding hydrogens is 382 g/mol. The van der Waals surface area contributed by atoms with E-state index < -0.39 is 22.8 Å². The van der Waals surface area contributed by atoms with Crippen LogP contribution in [0.25, 0.3) is 0 Å². The molecule has 0 aliphatic carbocycles. The van der Waals surface area contributed by atoms with E-state index in [1.54, 1.807) is 19.1 Å². The summed E-state index contributed by atoms with van der Waals surface area (Å²) in [6.07, 6.45) is 0. The maximum atomic E-state index is 12.4. The summed E-state index contributed by atoms with van der Waals surface area (Å²) >= 11 is 0. The lowest BCUT2D eigenvalue weighted by Crippen LogP contribution is -2.41. The molecule has 3 rings (SSSR count). The van der Waals surface area contributed by atoms with Crippen LogP contribution in [0, 0.1) is 10.1 Å². The van der Waals surface area contributed by atoms with Crippen molar-refractivity contribution in [3.63, 3.8) is 0 Å². The second-order valence-corrected chi connectivity index (χ2v) is 6.09. The molecule has 29 heavy (non-hydrogen) atoms. The molecule has 1 aliphatic rings. The zero-order valence-corrected chi connectivity index (χ0v) is 15.4. The normalized spacial score (nSPS) is 12.6. The number of non-ortho nitro benzene ring substituents is 1. The SMILES string of the molecule is CCOC(=O)c1ccc(NC(=O)CN2CC(=O)Oc3cc([N+](=O)[O-])ccc32)cc1. The number of rotatable bonds is 6. The van der Waals surface area contributed by atoms with Crippen molar-refractivity contribution in [3.8, 4) is 5.75 Å². The summed E-state index contributed by atoms with van der Waals surface area (Å²) in [7, 11) is 0. The van der Waals surface area contributed by atoms with Crippen LogP contribution in [0.2, 0.25) is 0 Å². The molecule has 0 radical (unpaired) electrons. The number of ether oxygens (including phenoxy) is 2. The van der Waals surface area contributed by atoms with Gasteiger partial charge in [0.25, 0.3) is 5.69 Å². The lowest BCUT2D eigenvalue weighted by atomic mass is 10.2. The van der Waals surface area contributed by atoms with Gasteiger partial charge in [-0.25, -0.2) is 9.59 Å². The molecular formula is C19H17N3O7. The average molecular weight is 399 g/mol. The summed E-state index contributed by atoms with van der Waals surface area (Å²) in [5, 5.41) is 13.6. The Hall–Kier alpha value is -3.95. The highest BCUT2D eigenvalue weighted by molar-refractivity contribution is 5.97. The van der Waals surface area contributed by atoms with Crippen molar-refractivity contribution < 1.29 is 28.8 Å². The molecule has 10 heteroatoms. The van der Waals surface area contributed by atoms with Gasteiger partial charge in [0.15, 0.2) is 5.75 Å². The van der Waals surface area contributed by atoms with E-state index >= 15 is 0 Å². The predicted octanol–water partition coefficient (Wildman–Crippen LogP) is 2.14. The third kappa shape index (κ3) is 4.67. The molecule has 1 heterocycles. The highest BCUT2D eigenvalue weighted by atomic mass is 16.6. The Bertz CT molecular complexity index is 972. The molecule has 0 atom stereocenters. The van der Waals surface area contributed by atoms with Crippen molar-refractivity contribution in [2.45, 2.75) is 6.92 Å². The number of amides is 1. The van der Waals surface area contributed by atoms with Crippen molar-refractivity contribution >= 4 is 34.9 Å². The molecule has 0 spiro atoms. The van der Waals surface area contributed by atoms with Gasteiger partial charge in [0, 0.05) is 11.8 Å². The molecule has 0 saturated carbocycles. The molecule has 0 unspecified atom stereocenters. The monoisotopic (exact) mass is 399 g/mol. The number of fused-ring (bicyclic) bond motifs is 1. The molecule has 10 nitrogen and oxygen atoms in total. The van der Waals surface area contributed by atoms with Crippen LogP contribution in [0.4, 0.5) is 17.1 Å². The van der Waals surface area contributed by atoms with Gasteiger partial charge < -0.3 is 19.7 Å². The summed E-state index contributed by atoms with van der Waals surface area (Å²) in [5.74, 6) is -1.46. The standard InChI is InChI=1S/C19H17N3O7/c1-2-28-19(25)12-3-5-13(6-4-12)20-17(23)10-21-11-18(24)29-16-9-14(22(26)27)7-8-15(16)21/h3-9H,2,10-11H2,1H3,(H,20,23). The predicted molar refractivity (Wildman–Crippen MR) is 102 cm³/mol. The zero-order chi connectivity index (χ0) is 21.0. The number of benzene rings is 2. The number of esters is 2. The van der Waals surface area contributed by atoms with Gasteiger partial charge in [0.2, 0.25) is 5.91 Å². The number of nitrogens with zero attached hydrogens (tertiary/aromatic N) is 2. The maximum absolute atomic E-state index is 12.4. The van der Waals surface area contributed by atoms with Gasteiger partial charge in [0.05, 0.1) is 35.4 Å². The Morgan fingerprint density at radius 1 is 1.24 bits per heavy atom. The van der Waals surface area contributed by atoms with E-state index in [0.29, 0.717) is 16.9 Å². The van der Waals surface area contributed by atoms with E-state index in [2.05, 4.69) is 5.32 Å². The minimum atomic E-state index is -0.621. The summed E-state index contributed by atoms with van der Waals surface area (Å²) in [5.41, 5.74) is 1.01. The lowest BCUT2D eigenvalue weighted by molar-refractivity contribution is -0.384. The number of anilines is 2. The zero-order valence-electron chi connectivity index (χ0n) is 15.4. The number of nitro benzene ring substituents is 1. The van der Waals surface area contributed by atoms with Crippen LogP contribution in [0.15, 0.2) is 42.5 Å². The highest BCUT2D eigenvalue weighted by Crippen LogP contribution is 2.35. The van der Waals surface area contributed by atoms with Crippen LogP contribution in [-0.4, -0.2) is 42.5 Å². The first-order valence-corrected chi connectivity index (χ1v) is 8.68. The Morgan fingerprint density at radius 2 is 1.97 bits per heavy atom. The summed E-state index contributed by atoms with van der Waals surface area (Å²) in [6.45, 7) is 1.64. The molecule has 1 N–H and O–H groups in total. The van der Waals surface area contributed by atoms with Gasteiger partial charge in [-0.05, 0) is 37.3 Å². The molecule has 2 aromatic carbocycles. The first-order valence-electron chi connectivity index (χ1n) is 8.68. The minimum Gasteiger partial charge on any atom is -0.462 e. The van der Waals surface area contributed by atoms with E-state index in [0.717, 1.165) is 6.07 Å². The average Bonchev–Trinajstić information content (AvgIpc) is 2.68. The molecule has 0 bridgehead atoms.